The molecular weight excluding hydrogens is 244 g/mol. The van der Waals surface area contributed by atoms with Gasteiger partial charge in [-0.1, -0.05) is 0 Å². The van der Waals surface area contributed by atoms with Crippen molar-refractivity contribution in [3.8, 4) is 0 Å². The molecule has 0 saturated carbocycles. The number of anilines is 1. The van der Waals surface area contributed by atoms with Crippen molar-refractivity contribution in [1.82, 2.24) is 9.97 Å². The van der Waals surface area contributed by atoms with Crippen LogP contribution < -0.4 is 10.0 Å². The summed E-state index contributed by atoms with van der Waals surface area (Å²) in [5.41, 5.74) is 0.661. The van der Waals surface area contributed by atoms with E-state index in [9.17, 15) is 13.2 Å². The minimum Gasteiger partial charge on any atom is -0.294 e. The third-order valence-electron chi connectivity index (χ3n) is 2.57. The smallest absolute Gasteiger partial charge is 0.229 e. The van der Waals surface area contributed by atoms with Crippen molar-refractivity contribution in [2.24, 2.45) is 5.14 Å². The molecule has 2 heterocycles. The van der Waals surface area contributed by atoms with Crippen LogP contribution in [0.2, 0.25) is 0 Å². The van der Waals surface area contributed by atoms with Gasteiger partial charge in [0.05, 0.1) is 11.9 Å². The minimum absolute atomic E-state index is 0.0375. The SMILES string of the molecule is Cc1cncc(N2CC(S(N)(=O)=O)CC2=O)n1. The quantitative estimate of drug-likeness (QED) is 0.744. The number of hydrogen-bond donors (Lipinski definition) is 1. The molecule has 1 unspecified atom stereocenters. The summed E-state index contributed by atoms with van der Waals surface area (Å²) in [7, 11) is -3.70. The van der Waals surface area contributed by atoms with Gasteiger partial charge in [-0.2, -0.15) is 0 Å². The molecule has 92 valence electrons. The van der Waals surface area contributed by atoms with E-state index in [2.05, 4.69) is 9.97 Å². The number of nitrogens with zero attached hydrogens (tertiary/aromatic N) is 3. The molecule has 1 atom stereocenters. The topological polar surface area (TPSA) is 106 Å². The number of carbonyl (C=O) groups is 1. The Morgan fingerprint density at radius 1 is 1.47 bits per heavy atom. The Labute approximate surface area is 98.7 Å². The highest BCUT2D eigenvalue weighted by atomic mass is 32.2. The van der Waals surface area contributed by atoms with Gasteiger partial charge in [0.25, 0.3) is 0 Å². The predicted octanol–water partition coefficient (Wildman–Crippen LogP) is -0.821. The first-order chi connectivity index (χ1) is 7.88. The Hall–Kier alpha value is -1.54. The number of aryl methyl sites for hydroxylation is 1. The van der Waals surface area contributed by atoms with E-state index in [0.717, 1.165) is 0 Å². The van der Waals surface area contributed by atoms with Gasteiger partial charge < -0.3 is 0 Å². The van der Waals surface area contributed by atoms with E-state index < -0.39 is 15.3 Å². The molecule has 1 aromatic rings. The normalized spacial score (nSPS) is 20.9. The van der Waals surface area contributed by atoms with Crippen LogP contribution in [0.4, 0.5) is 5.82 Å². The van der Waals surface area contributed by atoms with E-state index in [1.165, 1.54) is 11.1 Å². The Morgan fingerprint density at radius 3 is 2.71 bits per heavy atom. The van der Waals surface area contributed by atoms with Crippen LogP contribution in [0.1, 0.15) is 12.1 Å². The van der Waals surface area contributed by atoms with E-state index >= 15 is 0 Å². The van der Waals surface area contributed by atoms with E-state index in [0.29, 0.717) is 11.5 Å². The zero-order valence-corrected chi connectivity index (χ0v) is 10.0. The fraction of sp³-hybridized carbons (Fsp3) is 0.444. The van der Waals surface area contributed by atoms with Gasteiger partial charge in [-0.15, -0.1) is 0 Å². The molecule has 0 radical (unpaired) electrons. The van der Waals surface area contributed by atoms with Crippen LogP contribution in [0.25, 0.3) is 0 Å². The lowest BCUT2D eigenvalue weighted by molar-refractivity contribution is -0.117. The maximum absolute atomic E-state index is 11.7. The van der Waals surface area contributed by atoms with Crippen LogP contribution in [-0.2, 0) is 14.8 Å². The second kappa shape index (κ2) is 4.04. The fourth-order valence-electron chi connectivity index (χ4n) is 1.70. The third-order valence-corrected chi connectivity index (χ3v) is 3.82. The van der Waals surface area contributed by atoms with Crippen LogP contribution in [-0.4, -0.2) is 36.1 Å². The summed E-state index contributed by atoms with van der Waals surface area (Å²) in [4.78, 5) is 21.0. The molecule has 1 aliphatic rings. The van der Waals surface area contributed by atoms with Gasteiger partial charge >= 0.3 is 0 Å². The van der Waals surface area contributed by atoms with Gasteiger partial charge in [0.15, 0.2) is 5.82 Å². The van der Waals surface area contributed by atoms with Crippen LogP contribution in [0, 0.1) is 6.92 Å². The maximum Gasteiger partial charge on any atom is 0.229 e. The molecule has 0 aromatic carbocycles. The number of primary sulfonamides is 1. The zero-order chi connectivity index (χ0) is 12.6. The molecule has 0 spiro atoms. The Kier molecular flexibility index (Phi) is 2.84. The van der Waals surface area contributed by atoms with Gasteiger partial charge in [-0.3, -0.25) is 14.7 Å². The van der Waals surface area contributed by atoms with Crippen molar-refractivity contribution >= 4 is 21.7 Å². The van der Waals surface area contributed by atoms with Crippen molar-refractivity contribution in [1.29, 1.82) is 0 Å². The van der Waals surface area contributed by atoms with Crippen molar-refractivity contribution in [3.05, 3.63) is 18.1 Å². The molecule has 1 saturated heterocycles. The third kappa shape index (κ3) is 2.42. The lowest BCUT2D eigenvalue weighted by Crippen LogP contribution is -2.32. The molecule has 8 heteroatoms. The lowest BCUT2D eigenvalue weighted by atomic mass is 10.4. The number of nitrogens with two attached hydrogens (primary N) is 1. The number of sulfonamides is 1. The summed E-state index contributed by atoms with van der Waals surface area (Å²) in [6.45, 7) is 1.78. The van der Waals surface area contributed by atoms with E-state index in [-0.39, 0.29) is 18.9 Å². The molecule has 0 bridgehead atoms. The van der Waals surface area contributed by atoms with Crippen molar-refractivity contribution in [2.45, 2.75) is 18.6 Å². The van der Waals surface area contributed by atoms with Gasteiger partial charge in [-0.25, -0.2) is 18.5 Å². The second-order valence-corrected chi connectivity index (χ2v) is 5.78. The number of carbonyl (C=O) groups excluding carboxylic acids is 1. The zero-order valence-electron chi connectivity index (χ0n) is 9.20. The van der Waals surface area contributed by atoms with Crippen LogP contribution >= 0.6 is 0 Å². The van der Waals surface area contributed by atoms with Gasteiger partial charge in [0.2, 0.25) is 15.9 Å². The van der Waals surface area contributed by atoms with Gasteiger partial charge in [0.1, 0.15) is 5.25 Å². The van der Waals surface area contributed by atoms with Crippen molar-refractivity contribution in [2.75, 3.05) is 11.4 Å². The molecule has 2 N–H and O–H groups in total. The molecule has 1 aliphatic heterocycles. The summed E-state index contributed by atoms with van der Waals surface area (Å²) in [6.07, 6.45) is 2.88. The molecule has 1 fully saturated rings. The van der Waals surface area contributed by atoms with Crippen LogP contribution in [0.3, 0.4) is 0 Å². The molecule has 17 heavy (non-hydrogen) atoms. The molecule has 1 amide bonds. The first-order valence-corrected chi connectivity index (χ1v) is 6.59. The predicted molar refractivity (Wildman–Crippen MR) is 60.6 cm³/mol. The Balaban J connectivity index is 2.28. The van der Waals surface area contributed by atoms with Crippen LogP contribution in [0.15, 0.2) is 12.4 Å². The first-order valence-electron chi connectivity index (χ1n) is 4.98. The highest BCUT2D eigenvalue weighted by molar-refractivity contribution is 7.89. The number of aromatic nitrogens is 2. The number of rotatable bonds is 2. The van der Waals surface area contributed by atoms with E-state index in [1.807, 2.05) is 0 Å². The van der Waals surface area contributed by atoms with Crippen molar-refractivity contribution in [3.63, 3.8) is 0 Å². The summed E-state index contributed by atoms with van der Waals surface area (Å²) >= 11 is 0. The highest BCUT2D eigenvalue weighted by Crippen LogP contribution is 2.21. The average molecular weight is 256 g/mol. The maximum atomic E-state index is 11.7. The standard InChI is InChI=1S/C9H12N4O3S/c1-6-3-11-4-8(12-6)13-5-7(2-9(13)14)17(10,15)16/h3-4,7H,2,5H2,1H3,(H2,10,15,16). The first kappa shape index (κ1) is 11.9. The molecule has 7 nitrogen and oxygen atoms in total. The highest BCUT2D eigenvalue weighted by Gasteiger charge is 2.37. The molecule has 1 aromatic heterocycles. The molecule has 0 aliphatic carbocycles. The minimum atomic E-state index is -3.70. The van der Waals surface area contributed by atoms with Gasteiger partial charge in [0, 0.05) is 19.2 Å². The summed E-state index contributed by atoms with van der Waals surface area (Å²) in [6, 6.07) is 0. The summed E-state index contributed by atoms with van der Waals surface area (Å²) in [5.74, 6) is 0.0603. The van der Waals surface area contributed by atoms with Gasteiger partial charge in [-0.05, 0) is 6.92 Å². The van der Waals surface area contributed by atoms with E-state index in [4.69, 9.17) is 5.14 Å². The largest absolute Gasteiger partial charge is 0.294 e. The van der Waals surface area contributed by atoms with Crippen molar-refractivity contribution < 1.29 is 13.2 Å². The monoisotopic (exact) mass is 256 g/mol. The summed E-state index contributed by atoms with van der Waals surface area (Å²) in [5, 5.41) is 4.17. The lowest BCUT2D eigenvalue weighted by Gasteiger charge is -2.14. The number of amides is 1. The van der Waals surface area contributed by atoms with Crippen LogP contribution in [0.5, 0.6) is 0 Å². The second-order valence-electron chi connectivity index (χ2n) is 3.94. The summed E-state index contributed by atoms with van der Waals surface area (Å²) < 4.78 is 22.4. The number of hydrogen-bond acceptors (Lipinski definition) is 5. The fourth-order valence-corrected chi connectivity index (χ4v) is 2.43. The average Bonchev–Trinajstić information content (AvgIpc) is 2.60. The van der Waals surface area contributed by atoms with E-state index in [1.54, 1.807) is 13.1 Å². The molecular formula is C9H12N4O3S. The Morgan fingerprint density at radius 2 is 2.18 bits per heavy atom. The molecule has 2 rings (SSSR count). The Bertz CT molecular complexity index is 557.